The number of rotatable bonds is 6. The van der Waals surface area contributed by atoms with Gasteiger partial charge in [-0.2, -0.15) is 0 Å². The average molecular weight is 498 g/mol. The summed E-state index contributed by atoms with van der Waals surface area (Å²) in [5.74, 6) is -1.20. The van der Waals surface area contributed by atoms with Crippen molar-refractivity contribution in [3.63, 3.8) is 0 Å². The zero-order valence-corrected chi connectivity index (χ0v) is 21.2. The summed E-state index contributed by atoms with van der Waals surface area (Å²) in [6, 6.07) is 4.71. The van der Waals surface area contributed by atoms with Crippen molar-refractivity contribution in [1.82, 2.24) is 9.80 Å². The molecule has 1 saturated carbocycles. The van der Waals surface area contributed by atoms with E-state index in [1.54, 1.807) is 11.0 Å². The van der Waals surface area contributed by atoms with Crippen molar-refractivity contribution in [2.24, 2.45) is 17.4 Å². The van der Waals surface area contributed by atoms with E-state index >= 15 is 0 Å². The Bertz CT molecular complexity index is 1000. The van der Waals surface area contributed by atoms with E-state index in [2.05, 4.69) is 16.7 Å². The van der Waals surface area contributed by atoms with Gasteiger partial charge in [0, 0.05) is 44.0 Å². The number of nitrogens with zero attached hydrogens (tertiary/aromatic N) is 3. The van der Waals surface area contributed by atoms with Gasteiger partial charge in [0.2, 0.25) is 11.8 Å². The highest BCUT2D eigenvalue weighted by Gasteiger charge is 2.53. The van der Waals surface area contributed by atoms with E-state index < -0.39 is 30.0 Å². The van der Waals surface area contributed by atoms with Gasteiger partial charge in [0.25, 0.3) is 0 Å². The maximum Gasteiger partial charge on any atom is 0.249 e. The molecule has 4 fully saturated rings. The van der Waals surface area contributed by atoms with Gasteiger partial charge in [-0.1, -0.05) is 26.2 Å². The Hall–Kier alpha value is -2.49. The molecule has 4 atom stereocenters. The van der Waals surface area contributed by atoms with Crippen LogP contribution in [0.2, 0.25) is 0 Å². The first-order valence-corrected chi connectivity index (χ1v) is 13.5. The number of piperazine rings is 1. The summed E-state index contributed by atoms with van der Waals surface area (Å²) in [5, 5.41) is 0. The predicted octanol–water partition coefficient (Wildman–Crippen LogP) is 1.10. The molecule has 5 rings (SSSR count). The SMILES string of the molecule is CCN1CCN(c2ccc(C(N)=O)c([C@@H](C(=O)N3C[C@H](N)[C@H]4OCC(=O)[C@H]43)C3CCCCC3)c2)CC1. The smallest absolute Gasteiger partial charge is 0.249 e. The number of hydrogen-bond donors (Lipinski definition) is 2. The zero-order valence-electron chi connectivity index (χ0n) is 21.2. The number of carbonyl (C=O) groups is 3. The maximum atomic E-state index is 14.3. The highest BCUT2D eigenvalue weighted by Crippen LogP contribution is 2.41. The van der Waals surface area contributed by atoms with Gasteiger partial charge in [-0.05, 0) is 49.1 Å². The molecule has 196 valence electrons. The van der Waals surface area contributed by atoms with Crippen molar-refractivity contribution in [2.75, 3.05) is 50.8 Å². The molecule has 0 unspecified atom stereocenters. The molecule has 0 bridgehead atoms. The highest BCUT2D eigenvalue weighted by molar-refractivity contribution is 5.99. The van der Waals surface area contributed by atoms with Gasteiger partial charge in [0.15, 0.2) is 5.78 Å². The Morgan fingerprint density at radius 2 is 1.83 bits per heavy atom. The summed E-state index contributed by atoms with van der Waals surface area (Å²) in [6.07, 6.45) is 4.61. The van der Waals surface area contributed by atoms with Crippen LogP contribution in [0.3, 0.4) is 0 Å². The lowest BCUT2D eigenvalue weighted by Gasteiger charge is -2.37. The van der Waals surface area contributed by atoms with E-state index in [4.69, 9.17) is 16.2 Å². The number of likely N-dealkylation sites (tertiary alicyclic amines) is 1. The molecule has 9 nitrogen and oxygen atoms in total. The van der Waals surface area contributed by atoms with Gasteiger partial charge >= 0.3 is 0 Å². The number of fused-ring (bicyclic) bond motifs is 1. The van der Waals surface area contributed by atoms with E-state index in [9.17, 15) is 14.4 Å². The number of primary amides is 1. The summed E-state index contributed by atoms with van der Waals surface area (Å²) in [7, 11) is 0. The largest absolute Gasteiger partial charge is 0.369 e. The first-order valence-electron chi connectivity index (χ1n) is 13.5. The number of ether oxygens (including phenoxy) is 1. The molecular formula is C27H39N5O4. The molecule has 3 aliphatic heterocycles. The number of nitrogens with two attached hydrogens (primary N) is 2. The summed E-state index contributed by atoms with van der Waals surface area (Å²) in [6.45, 7) is 7.21. The van der Waals surface area contributed by atoms with Crippen LogP contribution in [0, 0.1) is 5.92 Å². The van der Waals surface area contributed by atoms with Crippen molar-refractivity contribution in [3.05, 3.63) is 29.3 Å². The van der Waals surface area contributed by atoms with Crippen LogP contribution in [0.25, 0.3) is 0 Å². The van der Waals surface area contributed by atoms with Crippen molar-refractivity contribution in [2.45, 2.75) is 63.1 Å². The van der Waals surface area contributed by atoms with Gasteiger partial charge in [0.1, 0.15) is 18.8 Å². The topological polar surface area (TPSA) is 122 Å². The van der Waals surface area contributed by atoms with Crippen molar-refractivity contribution >= 4 is 23.3 Å². The normalized spacial score (nSPS) is 28.4. The second kappa shape index (κ2) is 10.5. The lowest BCUT2D eigenvalue weighted by atomic mass is 9.74. The summed E-state index contributed by atoms with van der Waals surface area (Å²) >= 11 is 0. The first kappa shape index (κ1) is 25.2. The molecule has 1 aliphatic carbocycles. The minimum Gasteiger partial charge on any atom is -0.369 e. The van der Waals surface area contributed by atoms with Gasteiger partial charge in [-0.3, -0.25) is 14.4 Å². The lowest BCUT2D eigenvalue weighted by Crippen LogP contribution is -2.47. The third-order valence-electron chi connectivity index (χ3n) is 8.72. The van der Waals surface area contributed by atoms with Gasteiger partial charge in [-0.15, -0.1) is 0 Å². The van der Waals surface area contributed by atoms with E-state index in [-0.39, 0.29) is 30.8 Å². The summed E-state index contributed by atoms with van der Waals surface area (Å²) < 4.78 is 5.64. The average Bonchev–Trinajstić information content (AvgIpc) is 3.45. The third kappa shape index (κ3) is 4.64. The number of hydrogen-bond acceptors (Lipinski definition) is 7. The Balaban J connectivity index is 1.52. The van der Waals surface area contributed by atoms with Crippen LogP contribution in [0.5, 0.6) is 0 Å². The molecule has 2 amide bonds. The number of carbonyl (C=O) groups excluding carboxylic acids is 3. The second-order valence-corrected chi connectivity index (χ2v) is 10.8. The van der Waals surface area contributed by atoms with Crippen LogP contribution in [-0.4, -0.2) is 91.5 Å². The molecule has 1 aromatic carbocycles. The molecule has 36 heavy (non-hydrogen) atoms. The predicted molar refractivity (Wildman–Crippen MR) is 137 cm³/mol. The van der Waals surface area contributed by atoms with E-state index in [0.717, 1.165) is 70.5 Å². The molecule has 3 saturated heterocycles. The number of Topliss-reactive ketones (excluding diaryl/α,β-unsaturated/α-hetero) is 1. The van der Waals surface area contributed by atoms with Crippen molar-refractivity contribution in [1.29, 1.82) is 0 Å². The number of likely N-dealkylation sites (N-methyl/N-ethyl adjacent to an activating group) is 1. The van der Waals surface area contributed by atoms with Gasteiger partial charge < -0.3 is 30.9 Å². The standard InChI is InChI=1S/C27H39N5O4/c1-2-30-10-12-31(13-11-30)18-8-9-19(26(29)34)20(14-18)23(17-6-4-3-5-7-17)27(35)32-15-21(28)25-24(32)22(33)16-36-25/h8-9,14,17,21,23-25H,2-7,10-13,15-16,28H2,1H3,(H2,29,34)/t21-,23-,24+,25+/m0/s1. The number of amides is 2. The van der Waals surface area contributed by atoms with Crippen LogP contribution < -0.4 is 16.4 Å². The van der Waals surface area contributed by atoms with Gasteiger partial charge in [-0.25, -0.2) is 0 Å². The molecule has 9 heteroatoms. The Kier molecular flexibility index (Phi) is 7.32. The second-order valence-electron chi connectivity index (χ2n) is 10.8. The minimum absolute atomic E-state index is 0.00727. The Morgan fingerprint density at radius 1 is 1.11 bits per heavy atom. The fraction of sp³-hybridized carbons (Fsp3) is 0.667. The minimum atomic E-state index is -0.638. The molecule has 1 aromatic rings. The molecule has 3 heterocycles. The number of benzene rings is 1. The van der Waals surface area contributed by atoms with Crippen LogP contribution in [0.15, 0.2) is 18.2 Å². The third-order valence-corrected chi connectivity index (χ3v) is 8.72. The molecule has 4 aliphatic rings. The summed E-state index contributed by atoms with van der Waals surface area (Å²) in [5.41, 5.74) is 14.2. The van der Waals surface area contributed by atoms with Crippen LogP contribution in [0.4, 0.5) is 5.69 Å². The fourth-order valence-electron chi connectivity index (χ4n) is 6.70. The van der Waals surface area contributed by atoms with Crippen LogP contribution >= 0.6 is 0 Å². The maximum absolute atomic E-state index is 14.3. The molecule has 0 radical (unpaired) electrons. The summed E-state index contributed by atoms with van der Waals surface area (Å²) in [4.78, 5) is 46.0. The van der Waals surface area contributed by atoms with E-state index in [1.807, 2.05) is 12.1 Å². The zero-order chi connectivity index (χ0) is 25.4. The molecule has 0 spiro atoms. The van der Waals surface area contributed by atoms with Gasteiger partial charge in [0.05, 0.1) is 12.0 Å². The molecule has 4 N–H and O–H groups in total. The van der Waals surface area contributed by atoms with Crippen LogP contribution in [0.1, 0.15) is 60.9 Å². The van der Waals surface area contributed by atoms with Crippen molar-refractivity contribution < 1.29 is 19.1 Å². The highest BCUT2D eigenvalue weighted by atomic mass is 16.5. The van der Waals surface area contributed by atoms with E-state index in [1.165, 1.54) is 0 Å². The quantitative estimate of drug-likeness (QED) is 0.603. The number of ketones is 1. The van der Waals surface area contributed by atoms with Crippen LogP contribution in [-0.2, 0) is 14.3 Å². The number of anilines is 1. The Morgan fingerprint density at radius 3 is 2.50 bits per heavy atom. The lowest BCUT2D eigenvalue weighted by molar-refractivity contribution is -0.139. The molecule has 0 aromatic heterocycles. The van der Waals surface area contributed by atoms with E-state index in [0.29, 0.717) is 11.1 Å². The Labute approximate surface area is 213 Å². The monoisotopic (exact) mass is 497 g/mol. The molecular weight excluding hydrogens is 458 g/mol. The first-order chi connectivity index (χ1) is 17.4. The fourth-order valence-corrected chi connectivity index (χ4v) is 6.70. The van der Waals surface area contributed by atoms with Crippen molar-refractivity contribution in [3.8, 4) is 0 Å².